The van der Waals surface area contributed by atoms with E-state index in [1.807, 2.05) is 19.1 Å². The van der Waals surface area contributed by atoms with Crippen molar-refractivity contribution in [1.82, 2.24) is 14.3 Å². The molecule has 4 aromatic rings. The second-order valence-corrected chi connectivity index (χ2v) is 12.5. The molecule has 1 aliphatic rings. The lowest BCUT2D eigenvalue weighted by atomic mass is 9.97. The molecule has 1 amide bonds. The Bertz CT molecular complexity index is 1330. The van der Waals surface area contributed by atoms with Gasteiger partial charge in [0.1, 0.15) is 9.73 Å². The fourth-order valence-corrected chi connectivity index (χ4v) is 8.12. The van der Waals surface area contributed by atoms with Crippen LogP contribution in [0.5, 0.6) is 0 Å². The van der Waals surface area contributed by atoms with Crippen LogP contribution in [0.1, 0.15) is 17.8 Å². The predicted molar refractivity (Wildman–Crippen MR) is 122 cm³/mol. The van der Waals surface area contributed by atoms with E-state index in [0.29, 0.717) is 35.3 Å². The zero-order valence-electron chi connectivity index (χ0n) is 16.0. The lowest BCUT2D eigenvalue weighted by Crippen LogP contribution is -2.41. The van der Waals surface area contributed by atoms with Crippen LogP contribution in [0.2, 0.25) is 0 Å². The number of hydrogen-bond donors (Lipinski definition) is 1. The summed E-state index contributed by atoms with van der Waals surface area (Å²) in [7, 11) is -3.46. The summed E-state index contributed by atoms with van der Waals surface area (Å²) in [5.41, 5.74) is 1.75. The van der Waals surface area contributed by atoms with Gasteiger partial charge in [-0.15, -0.1) is 22.7 Å². The van der Waals surface area contributed by atoms with E-state index in [1.54, 1.807) is 28.8 Å². The molecule has 30 heavy (non-hydrogen) atoms. The topological polar surface area (TPSA) is 92.3 Å². The lowest BCUT2D eigenvalue weighted by molar-refractivity contribution is -0.120. The van der Waals surface area contributed by atoms with E-state index in [9.17, 15) is 13.2 Å². The number of thiophene rings is 1. The van der Waals surface area contributed by atoms with Crippen molar-refractivity contribution in [2.45, 2.75) is 24.0 Å². The van der Waals surface area contributed by atoms with Crippen LogP contribution in [0.15, 0.2) is 33.9 Å². The first kappa shape index (κ1) is 20.0. The first-order valence-electron chi connectivity index (χ1n) is 9.43. The van der Waals surface area contributed by atoms with Crippen molar-refractivity contribution in [3.8, 4) is 0 Å². The van der Waals surface area contributed by atoms with E-state index < -0.39 is 10.0 Å². The van der Waals surface area contributed by atoms with Crippen LogP contribution in [-0.4, -0.2) is 41.7 Å². The van der Waals surface area contributed by atoms with Gasteiger partial charge >= 0.3 is 0 Å². The van der Waals surface area contributed by atoms with Crippen molar-refractivity contribution in [3.05, 3.63) is 34.7 Å². The molecule has 4 heterocycles. The number of nitrogens with zero attached hydrogens (tertiary/aromatic N) is 3. The summed E-state index contributed by atoms with van der Waals surface area (Å²) in [5, 5.41) is 6.25. The number of rotatable bonds is 4. The Morgan fingerprint density at radius 3 is 2.70 bits per heavy atom. The van der Waals surface area contributed by atoms with Crippen LogP contribution < -0.4 is 5.32 Å². The molecule has 7 nitrogen and oxygen atoms in total. The Labute approximate surface area is 185 Å². The molecule has 0 atom stereocenters. The summed E-state index contributed by atoms with van der Waals surface area (Å²) in [6, 6.07) is 7.32. The van der Waals surface area contributed by atoms with E-state index in [-0.39, 0.29) is 11.8 Å². The molecule has 0 aliphatic carbocycles. The van der Waals surface area contributed by atoms with Gasteiger partial charge in [0.15, 0.2) is 5.13 Å². The number of carbonyl (C=O) groups excluding carboxylic acids is 1. The first-order valence-corrected chi connectivity index (χ1v) is 13.4. The molecule has 0 spiro atoms. The van der Waals surface area contributed by atoms with Gasteiger partial charge in [-0.3, -0.25) is 4.79 Å². The average Bonchev–Trinajstić information content (AvgIpc) is 3.46. The number of carbonyl (C=O) groups is 1. The maximum atomic E-state index is 12.8. The van der Waals surface area contributed by atoms with Gasteiger partial charge in [-0.2, -0.15) is 4.31 Å². The maximum absolute atomic E-state index is 12.8. The monoisotopic (exact) mass is 478 g/mol. The molecule has 156 valence electrons. The molecule has 1 N–H and O–H groups in total. The van der Waals surface area contributed by atoms with Crippen LogP contribution in [0.4, 0.5) is 5.13 Å². The Morgan fingerprint density at radius 2 is 1.97 bits per heavy atom. The average molecular weight is 479 g/mol. The predicted octanol–water partition coefficient (Wildman–Crippen LogP) is 4.32. The molecule has 1 saturated heterocycles. The molecule has 5 rings (SSSR count). The minimum absolute atomic E-state index is 0.104. The molecule has 11 heteroatoms. The maximum Gasteiger partial charge on any atom is 0.252 e. The van der Waals surface area contributed by atoms with Gasteiger partial charge in [-0.25, -0.2) is 18.4 Å². The minimum Gasteiger partial charge on any atom is -0.302 e. The third-order valence-electron chi connectivity index (χ3n) is 5.17. The van der Waals surface area contributed by atoms with Crippen LogP contribution in [-0.2, 0) is 14.8 Å². The molecule has 1 aliphatic heterocycles. The number of amides is 1. The molecule has 1 fully saturated rings. The van der Waals surface area contributed by atoms with Gasteiger partial charge < -0.3 is 5.32 Å². The van der Waals surface area contributed by atoms with Gasteiger partial charge in [0.2, 0.25) is 5.91 Å². The molecule has 0 bridgehead atoms. The first-order chi connectivity index (χ1) is 14.4. The standard InChI is InChI=1S/C19H18N4O3S4/c1-11-20-16-14(28-11)5-4-13-17(16)29-19(21-13)22-18(24)12-6-8-23(9-7-12)30(25,26)15-3-2-10-27-15/h2-5,10,12H,6-9H2,1H3,(H,21,22,24). The zero-order valence-corrected chi connectivity index (χ0v) is 19.3. The summed E-state index contributed by atoms with van der Waals surface area (Å²) in [5.74, 6) is -0.332. The van der Waals surface area contributed by atoms with Crippen molar-refractivity contribution in [1.29, 1.82) is 0 Å². The highest BCUT2D eigenvalue weighted by molar-refractivity contribution is 7.91. The summed E-state index contributed by atoms with van der Waals surface area (Å²) in [6.07, 6.45) is 0.994. The highest BCUT2D eigenvalue weighted by Crippen LogP contribution is 2.35. The molecular weight excluding hydrogens is 461 g/mol. The van der Waals surface area contributed by atoms with Crippen molar-refractivity contribution in [2.24, 2.45) is 5.92 Å². The summed E-state index contributed by atoms with van der Waals surface area (Å²) >= 11 is 4.29. The second kappa shape index (κ2) is 7.65. The number of aryl methyl sites for hydroxylation is 1. The Morgan fingerprint density at radius 1 is 1.17 bits per heavy atom. The Balaban J connectivity index is 1.28. The molecule has 1 aromatic carbocycles. The lowest BCUT2D eigenvalue weighted by Gasteiger charge is -2.29. The highest BCUT2D eigenvalue weighted by atomic mass is 32.2. The SMILES string of the molecule is Cc1nc2c(ccc3nc(NC(=O)C4CCN(S(=O)(=O)c5cccs5)CC4)sc32)s1. The third-order valence-corrected chi connectivity index (χ3v) is 10.4. The number of thiazole rings is 2. The summed E-state index contributed by atoms with van der Waals surface area (Å²) < 4.78 is 29.2. The van der Waals surface area contributed by atoms with E-state index in [2.05, 4.69) is 15.3 Å². The van der Waals surface area contributed by atoms with E-state index in [0.717, 1.165) is 25.4 Å². The number of piperidine rings is 1. The normalized spacial score (nSPS) is 16.4. The van der Waals surface area contributed by atoms with Crippen LogP contribution in [0, 0.1) is 12.8 Å². The second-order valence-electron chi connectivity index (χ2n) is 7.11. The third kappa shape index (κ3) is 3.54. The van der Waals surface area contributed by atoms with Gasteiger partial charge in [0.05, 0.1) is 19.9 Å². The fraction of sp³-hybridized carbons (Fsp3) is 0.316. The van der Waals surface area contributed by atoms with Crippen molar-refractivity contribution < 1.29 is 13.2 Å². The molecule has 0 unspecified atom stereocenters. The number of fused-ring (bicyclic) bond motifs is 3. The number of benzene rings is 1. The smallest absolute Gasteiger partial charge is 0.252 e. The molecule has 3 aromatic heterocycles. The van der Waals surface area contributed by atoms with E-state index in [4.69, 9.17) is 0 Å². The van der Waals surface area contributed by atoms with Crippen molar-refractivity contribution in [2.75, 3.05) is 18.4 Å². The van der Waals surface area contributed by atoms with Crippen molar-refractivity contribution in [3.63, 3.8) is 0 Å². The number of sulfonamides is 1. The highest BCUT2D eigenvalue weighted by Gasteiger charge is 2.32. The van der Waals surface area contributed by atoms with Crippen LogP contribution in [0.3, 0.4) is 0 Å². The number of hydrogen-bond acceptors (Lipinski definition) is 8. The molecule has 0 saturated carbocycles. The Kier molecular flexibility index (Phi) is 5.10. The van der Waals surface area contributed by atoms with Gasteiger partial charge in [-0.05, 0) is 43.3 Å². The van der Waals surface area contributed by atoms with E-state index >= 15 is 0 Å². The largest absolute Gasteiger partial charge is 0.302 e. The number of aromatic nitrogens is 2. The molecule has 0 radical (unpaired) electrons. The zero-order chi connectivity index (χ0) is 20.9. The van der Waals surface area contributed by atoms with Crippen LogP contribution >= 0.6 is 34.0 Å². The van der Waals surface area contributed by atoms with Gasteiger partial charge in [-0.1, -0.05) is 17.4 Å². The van der Waals surface area contributed by atoms with Gasteiger partial charge in [0, 0.05) is 19.0 Å². The van der Waals surface area contributed by atoms with Gasteiger partial charge in [0.25, 0.3) is 10.0 Å². The van der Waals surface area contributed by atoms with Crippen molar-refractivity contribution >= 4 is 75.5 Å². The fourth-order valence-electron chi connectivity index (χ4n) is 3.64. The quantitative estimate of drug-likeness (QED) is 0.472. The summed E-state index contributed by atoms with van der Waals surface area (Å²) in [4.78, 5) is 21.9. The Hall–Kier alpha value is -1.92. The summed E-state index contributed by atoms with van der Waals surface area (Å²) in [6.45, 7) is 2.67. The molecular formula is C19H18N4O3S4. The number of nitrogens with one attached hydrogen (secondary N) is 1. The van der Waals surface area contributed by atoms with E-state index in [1.165, 1.54) is 27.0 Å². The number of anilines is 1. The minimum atomic E-state index is -3.46. The van der Waals surface area contributed by atoms with Crippen LogP contribution in [0.25, 0.3) is 20.4 Å².